The molecule has 0 aromatic heterocycles. The Labute approximate surface area is 121 Å². The summed E-state index contributed by atoms with van der Waals surface area (Å²) in [5.74, 6) is -0.973. The molecule has 0 radical (unpaired) electrons. The molecule has 0 unspecified atom stereocenters. The van der Waals surface area contributed by atoms with Crippen molar-refractivity contribution < 1.29 is 19.5 Å². The van der Waals surface area contributed by atoms with Crippen LogP contribution in [0, 0.1) is 0 Å². The lowest BCUT2D eigenvalue weighted by molar-refractivity contribution is -0.137. The maximum atomic E-state index is 11.9. The van der Waals surface area contributed by atoms with Gasteiger partial charge in [-0.1, -0.05) is 18.6 Å². The van der Waals surface area contributed by atoms with Gasteiger partial charge in [0.25, 0.3) is 5.91 Å². The number of hydrogen-bond acceptors (Lipinski definition) is 4. The van der Waals surface area contributed by atoms with E-state index in [4.69, 9.17) is 15.5 Å². The zero-order valence-corrected chi connectivity index (χ0v) is 11.4. The molecule has 0 atom stereocenters. The van der Waals surface area contributed by atoms with Crippen LogP contribution in [0.1, 0.15) is 36.0 Å². The largest absolute Gasteiger partial charge is 0.481 e. The van der Waals surface area contributed by atoms with Gasteiger partial charge in [-0.05, 0) is 30.5 Å². The molecule has 112 valence electrons. The summed E-state index contributed by atoms with van der Waals surface area (Å²) < 4.78 is 0. The molecular formula is C13H16N4O4. The molecule has 0 saturated heterocycles. The van der Waals surface area contributed by atoms with Crippen molar-refractivity contribution in [2.24, 2.45) is 5.28 Å². The molecule has 0 spiro atoms. The second-order valence-corrected chi connectivity index (χ2v) is 4.22. The Morgan fingerprint density at radius 3 is 2.76 bits per heavy atom. The maximum Gasteiger partial charge on any atom is 0.303 e. The summed E-state index contributed by atoms with van der Waals surface area (Å²) >= 11 is 0. The van der Waals surface area contributed by atoms with E-state index in [1.807, 2.05) is 0 Å². The minimum atomic E-state index is -0.817. The van der Waals surface area contributed by atoms with Crippen LogP contribution < -0.4 is 10.2 Å². The monoisotopic (exact) mass is 292 g/mol. The van der Waals surface area contributed by atoms with Crippen molar-refractivity contribution >= 4 is 11.9 Å². The first-order chi connectivity index (χ1) is 10.1. The van der Waals surface area contributed by atoms with Gasteiger partial charge < -0.3 is 15.3 Å². The molecule has 8 heteroatoms. The molecule has 0 heterocycles. The number of carboxylic acids is 1. The molecule has 1 amide bonds. The third kappa shape index (κ3) is 6.31. The molecule has 0 saturated carbocycles. The van der Waals surface area contributed by atoms with Gasteiger partial charge in [-0.3, -0.25) is 9.59 Å². The third-order valence-electron chi connectivity index (χ3n) is 2.66. The van der Waals surface area contributed by atoms with Crippen LogP contribution in [0.5, 0.6) is 5.75 Å². The standard InChI is InChI=1S/C13H16N4O4/c14-16-17-21-11-7-4-3-6-10(11)13(20)15-9-5-1-2-8-12(18)19/h3-4,6-7H,1-2,5,8-9H2,(H,15,20)(H,18,19). The number of benzene rings is 1. The van der Waals surface area contributed by atoms with Crippen LogP contribution in [0.3, 0.4) is 0 Å². The van der Waals surface area contributed by atoms with Crippen molar-refractivity contribution in [1.29, 1.82) is 0 Å². The van der Waals surface area contributed by atoms with E-state index < -0.39 is 5.97 Å². The second-order valence-electron chi connectivity index (χ2n) is 4.22. The number of aliphatic carboxylic acids is 1. The first kappa shape index (κ1) is 16.3. The van der Waals surface area contributed by atoms with Crippen molar-refractivity contribution in [2.75, 3.05) is 6.54 Å². The highest BCUT2D eigenvalue weighted by Crippen LogP contribution is 2.18. The van der Waals surface area contributed by atoms with E-state index in [9.17, 15) is 9.59 Å². The smallest absolute Gasteiger partial charge is 0.303 e. The molecule has 2 N–H and O–H groups in total. The number of nitrogens with one attached hydrogen (secondary N) is 1. The van der Waals surface area contributed by atoms with E-state index in [0.717, 1.165) is 6.42 Å². The first-order valence-corrected chi connectivity index (χ1v) is 6.45. The van der Waals surface area contributed by atoms with Gasteiger partial charge in [0.1, 0.15) is 11.0 Å². The van der Waals surface area contributed by atoms with Crippen LogP contribution >= 0.6 is 0 Å². The van der Waals surface area contributed by atoms with Crippen molar-refractivity contribution in [2.45, 2.75) is 25.7 Å². The number of amides is 1. The molecule has 1 aromatic rings. The fourth-order valence-electron chi connectivity index (χ4n) is 1.67. The highest BCUT2D eigenvalue weighted by molar-refractivity contribution is 5.96. The van der Waals surface area contributed by atoms with E-state index in [-0.39, 0.29) is 23.6 Å². The fourth-order valence-corrected chi connectivity index (χ4v) is 1.67. The van der Waals surface area contributed by atoms with Gasteiger partial charge in [-0.15, -0.1) is 0 Å². The summed E-state index contributed by atoms with van der Waals surface area (Å²) in [6.45, 7) is 0.439. The molecule has 8 nitrogen and oxygen atoms in total. The summed E-state index contributed by atoms with van der Waals surface area (Å²) in [6.07, 6.45) is 2.14. The number of azide groups is 1. The number of carbonyl (C=O) groups excluding carboxylic acids is 1. The Morgan fingerprint density at radius 1 is 1.29 bits per heavy atom. The molecule has 0 aliphatic rings. The van der Waals surface area contributed by atoms with Gasteiger partial charge >= 0.3 is 5.97 Å². The van der Waals surface area contributed by atoms with Crippen molar-refractivity contribution in [3.63, 3.8) is 0 Å². The Balaban J connectivity index is 2.41. The molecule has 0 bridgehead atoms. The molecular weight excluding hydrogens is 276 g/mol. The average Bonchev–Trinajstić information content (AvgIpc) is 2.48. The summed E-state index contributed by atoms with van der Waals surface area (Å²) in [5.41, 5.74) is 8.48. The summed E-state index contributed by atoms with van der Waals surface area (Å²) in [4.78, 5) is 29.5. The highest BCUT2D eigenvalue weighted by Gasteiger charge is 2.11. The van der Waals surface area contributed by atoms with Crippen LogP contribution in [0.15, 0.2) is 29.5 Å². The van der Waals surface area contributed by atoms with Crippen LogP contribution in [0.2, 0.25) is 0 Å². The van der Waals surface area contributed by atoms with Gasteiger partial charge in [-0.25, -0.2) is 0 Å². The number of para-hydroxylation sites is 1. The number of carboxylic acid groups (broad SMARTS) is 1. The Morgan fingerprint density at radius 2 is 2.05 bits per heavy atom. The fraction of sp³-hybridized carbons (Fsp3) is 0.385. The Kier molecular flexibility index (Phi) is 7.17. The average molecular weight is 292 g/mol. The molecule has 21 heavy (non-hydrogen) atoms. The maximum absolute atomic E-state index is 11.9. The molecule has 0 aliphatic heterocycles. The topological polar surface area (TPSA) is 124 Å². The van der Waals surface area contributed by atoms with Crippen LogP contribution in [-0.4, -0.2) is 23.5 Å². The van der Waals surface area contributed by atoms with Crippen LogP contribution in [0.4, 0.5) is 0 Å². The Bertz CT molecular complexity index is 541. The van der Waals surface area contributed by atoms with E-state index in [1.54, 1.807) is 18.2 Å². The minimum absolute atomic E-state index is 0.136. The second kappa shape index (κ2) is 9.22. The van der Waals surface area contributed by atoms with Gasteiger partial charge in [0, 0.05) is 17.9 Å². The van der Waals surface area contributed by atoms with E-state index in [2.05, 4.69) is 15.5 Å². The quantitative estimate of drug-likeness (QED) is 0.238. The predicted molar refractivity (Wildman–Crippen MR) is 74.7 cm³/mol. The number of carbonyl (C=O) groups is 2. The lowest BCUT2D eigenvalue weighted by Crippen LogP contribution is -2.24. The van der Waals surface area contributed by atoms with Gasteiger partial charge in [0.05, 0.1) is 5.56 Å². The minimum Gasteiger partial charge on any atom is -0.481 e. The Hall–Kier alpha value is -2.73. The zero-order chi connectivity index (χ0) is 15.5. The number of nitrogens with zero attached hydrogens (tertiary/aromatic N) is 3. The normalized spacial score (nSPS) is 9.52. The predicted octanol–water partition coefficient (Wildman–Crippen LogP) is 2.67. The van der Waals surface area contributed by atoms with Gasteiger partial charge in [-0.2, -0.15) is 0 Å². The third-order valence-corrected chi connectivity index (χ3v) is 2.66. The summed E-state index contributed by atoms with van der Waals surface area (Å²) in [7, 11) is 0. The number of rotatable bonds is 9. The lowest BCUT2D eigenvalue weighted by atomic mass is 10.1. The van der Waals surface area contributed by atoms with Crippen LogP contribution in [-0.2, 0) is 4.79 Å². The molecule has 1 rings (SSSR count). The van der Waals surface area contributed by atoms with E-state index >= 15 is 0 Å². The van der Waals surface area contributed by atoms with Crippen LogP contribution in [0.25, 0.3) is 10.4 Å². The zero-order valence-electron chi connectivity index (χ0n) is 11.4. The molecule has 0 fully saturated rings. The highest BCUT2D eigenvalue weighted by atomic mass is 16.6. The molecule has 1 aromatic carbocycles. The lowest BCUT2D eigenvalue weighted by Gasteiger charge is -2.08. The van der Waals surface area contributed by atoms with Crippen molar-refractivity contribution in [1.82, 2.24) is 5.32 Å². The van der Waals surface area contributed by atoms with E-state index in [0.29, 0.717) is 19.4 Å². The van der Waals surface area contributed by atoms with Crippen molar-refractivity contribution in [3.8, 4) is 5.75 Å². The van der Waals surface area contributed by atoms with Gasteiger partial charge in [0.15, 0.2) is 0 Å². The summed E-state index contributed by atoms with van der Waals surface area (Å²) in [5, 5.41) is 14.2. The van der Waals surface area contributed by atoms with Gasteiger partial charge in [0.2, 0.25) is 0 Å². The first-order valence-electron chi connectivity index (χ1n) is 6.45. The number of hydrogen-bond donors (Lipinski definition) is 2. The molecule has 0 aliphatic carbocycles. The number of unbranched alkanes of at least 4 members (excludes halogenated alkanes) is 2. The van der Waals surface area contributed by atoms with E-state index in [1.165, 1.54) is 6.07 Å². The van der Waals surface area contributed by atoms with Crippen molar-refractivity contribution in [3.05, 3.63) is 40.3 Å². The SMILES string of the molecule is [N-]=[N+]=NOc1ccccc1C(=O)NCCCCCC(=O)O. The summed E-state index contributed by atoms with van der Waals surface area (Å²) in [6, 6.07) is 6.41.